The molecule has 1 aliphatic heterocycles. The molecule has 0 aromatic heterocycles. The summed E-state index contributed by atoms with van der Waals surface area (Å²) in [4.78, 5) is 25.1. The average molecular weight is 436 g/mol. The van der Waals surface area contributed by atoms with Crippen LogP contribution in [-0.4, -0.2) is 20.3 Å². The van der Waals surface area contributed by atoms with Crippen molar-refractivity contribution in [3.8, 4) is 0 Å². The van der Waals surface area contributed by atoms with Gasteiger partial charge >= 0.3 is 5.97 Å². The van der Waals surface area contributed by atoms with Crippen LogP contribution in [0.15, 0.2) is 71.6 Å². The van der Waals surface area contributed by atoms with Crippen LogP contribution in [0.3, 0.4) is 0 Å². The molecule has 7 nitrogen and oxygen atoms in total. The van der Waals surface area contributed by atoms with E-state index in [1.807, 2.05) is 31.2 Å². The Labute approximate surface area is 179 Å². The van der Waals surface area contributed by atoms with Crippen molar-refractivity contribution in [1.82, 2.24) is 0 Å². The van der Waals surface area contributed by atoms with Crippen molar-refractivity contribution in [2.45, 2.75) is 24.3 Å². The molecular weight excluding hydrogens is 416 g/mol. The Morgan fingerprint density at radius 3 is 2.35 bits per heavy atom. The largest absolute Gasteiger partial charge is 0.454 e. The number of ether oxygens (including phenoxy) is 1. The molecule has 0 saturated carbocycles. The number of cyclic esters (lactones) is 1. The summed E-state index contributed by atoms with van der Waals surface area (Å²) in [6, 6.07) is 18.2. The minimum atomic E-state index is -3.80. The van der Waals surface area contributed by atoms with Crippen LogP contribution in [0, 0.1) is 6.92 Å². The summed E-state index contributed by atoms with van der Waals surface area (Å²) in [5.41, 5.74) is 3.99. The lowest BCUT2D eigenvalue weighted by atomic mass is 9.92. The van der Waals surface area contributed by atoms with Gasteiger partial charge in [-0.25, -0.2) is 18.4 Å². The Morgan fingerprint density at radius 1 is 1.03 bits per heavy atom. The van der Waals surface area contributed by atoms with Crippen LogP contribution in [-0.2, 0) is 21.2 Å². The van der Waals surface area contributed by atoms with Crippen LogP contribution in [0.4, 0.5) is 5.69 Å². The predicted octanol–water partition coefficient (Wildman–Crippen LogP) is 3.35. The van der Waals surface area contributed by atoms with Gasteiger partial charge in [0.05, 0.1) is 10.5 Å². The summed E-state index contributed by atoms with van der Waals surface area (Å²) in [7, 11) is -3.80. The highest BCUT2D eigenvalue weighted by atomic mass is 32.2. The summed E-state index contributed by atoms with van der Waals surface area (Å²) < 4.78 is 28.3. The van der Waals surface area contributed by atoms with E-state index in [0.717, 1.165) is 16.7 Å². The molecule has 3 N–H and O–H groups in total. The molecule has 31 heavy (non-hydrogen) atoms. The van der Waals surface area contributed by atoms with E-state index in [-0.39, 0.29) is 10.8 Å². The highest BCUT2D eigenvalue weighted by Crippen LogP contribution is 2.31. The number of aryl methyl sites for hydroxylation is 1. The first-order valence-corrected chi connectivity index (χ1v) is 11.1. The van der Waals surface area contributed by atoms with E-state index in [2.05, 4.69) is 5.32 Å². The number of amides is 1. The smallest absolute Gasteiger partial charge is 0.339 e. The number of hydrogen-bond donors (Lipinski definition) is 2. The van der Waals surface area contributed by atoms with Crippen LogP contribution in [0.5, 0.6) is 0 Å². The molecule has 8 heteroatoms. The van der Waals surface area contributed by atoms with Crippen LogP contribution >= 0.6 is 0 Å². The van der Waals surface area contributed by atoms with Crippen molar-refractivity contribution < 1.29 is 22.7 Å². The third-order valence-corrected chi connectivity index (χ3v) is 6.06. The second-order valence-electron chi connectivity index (χ2n) is 7.40. The number of rotatable bonds is 4. The monoisotopic (exact) mass is 436 g/mol. The second kappa shape index (κ2) is 7.98. The molecule has 0 aliphatic carbocycles. The lowest BCUT2D eigenvalue weighted by molar-refractivity contribution is 0.0252. The molecule has 0 unspecified atom stereocenters. The predicted molar refractivity (Wildman–Crippen MR) is 115 cm³/mol. The van der Waals surface area contributed by atoms with E-state index < -0.39 is 22.1 Å². The molecule has 0 radical (unpaired) electrons. The van der Waals surface area contributed by atoms with Crippen molar-refractivity contribution in [3.05, 3.63) is 94.5 Å². The quantitative estimate of drug-likeness (QED) is 0.609. The summed E-state index contributed by atoms with van der Waals surface area (Å²) in [6.07, 6.45) is 0.0542. The van der Waals surface area contributed by atoms with Gasteiger partial charge in [-0.1, -0.05) is 29.8 Å². The van der Waals surface area contributed by atoms with Gasteiger partial charge in [0, 0.05) is 17.7 Å². The fraction of sp³-hybridized carbons (Fsp3) is 0.130. The van der Waals surface area contributed by atoms with E-state index in [9.17, 15) is 18.0 Å². The zero-order chi connectivity index (χ0) is 22.2. The zero-order valence-electron chi connectivity index (χ0n) is 16.7. The lowest BCUT2D eigenvalue weighted by Gasteiger charge is -2.25. The first-order chi connectivity index (χ1) is 14.7. The Balaban J connectivity index is 1.54. The summed E-state index contributed by atoms with van der Waals surface area (Å²) in [6.45, 7) is 1.99. The Kier molecular flexibility index (Phi) is 5.34. The van der Waals surface area contributed by atoms with E-state index in [1.165, 1.54) is 24.3 Å². The van der Waals surface area contributed by atoms with Gasteiger partial charge in [0.2, 0.25) is 10.0 Å². The fourth-order valence-electron chi connectivity index (χ4n) is 3.44. The number of carbonyl (C=O) groups excluding carboxylic acids is 2. The van der Waals surface area contributed by atoms with Crippen molar-refractivity contribution in [3.63, 3.8) is 0 Å². The Morgan fingerprint density at radius 2 is 1.71 bits per heavy atom. The zero-order valence-corrected chi connectivity index (χ0v) is 17.5. The van der Waals surface area contributed by atoms with Gasteiger partial charge in [-0.2, -0.15) is 0 Å². The molecule has 3 aromatic carbocycles. The van der Waals surface area contributed by atoms with E-state index >= 15 is 0 Å². The number of hydrogen-bond acceptors (Lipinski definition) is 5. The maximum atomic E-state index is 12.7. The SMILES string of the molecule is Cc1ccc([C@H]2Cc3cc(C(=O)Nc4ccc(S(N)(=O)=O)cc4)ccc3C(=O)O2)cc1. The number of fused-ring (bicyclic) bond motifs is 1. The topological polar surface area (TPSA) is 116 Å². The van der Waals surface area contributed by atoms with Gasteiger partial charge in [0.25, 0.3) is 5.91 Å². The van der Waals surface area contributed by atoms with Crippen molar-refractivity contribution in [2.24, 2.45) is 5.14 Å². The number of sulfonamides is 1. The number of nitrogens with two attached hydrogens (primary N) is 1. The molecule has 0 saturated heterocycles. The molecular formula is C23H20N2O5S. The number of carbonyl (C=O) groups is 2. The molecule has 0 spiro atoms. The summed E-state index contributed by atoms with van der Waals surface area (Å²) in [5.74, 6) is -0.797. The van der Waals surface area contributed by atoms with Gasteiger partial charge in [-0.15, -0.1) is 0 Å². The molecule has 0 fully saturated rings. The van der Waals surface area contributed by atoms with Crippen molar-refractivity contribution in [2.75, 3.05) is 5.32 Å². The van der Waals surface area contributed by atoms with Crippen molar-refractivity contribution in [1.29, 1.82) is 0 Å². The second-order valence-corrected chi connectivity index (χ2v) is 8.97. The van der Waals surface area contributed by atoms with Gasteiger partial charge in [0.1, 0.15) is 6.10 Å². The van der Waals surface area contributed by atoms with Gasteiger partial charge in [-0.3, -0.25) is 4.79 Å². The minimum absolute atomic E-state index is 0.0417. The molecule has 1 atom stereocenters. The third kappa shape index (κ3) is 4.50. The Bertz CT molecular complexity index is 1270. The molecule has 158 valence electrons. The molecule has 1 heterocycles. The standard InChI is InChI=1S/C23H20N2O5S/c1-14-2-4-15(5-3-14)21-13-17-12-16(6-11-20(17)23(27)30-21)22(26)25-18-7-9-19(10-8-18)31(24,28)29/h2-12,21H,13H2,1H3,(H,25,26)(H2,24,28,29)/t21-/m1/s1. The van der Waals surface area contributed by atoms with E-state index in [1.54, 1.807) is 18.2 Å². The highest BCUT2D eigenvalue weighted by molar-refractivity contribution is 7.89. The van der Waals surface area contributed by atoms with Crippen LogP contribution in [0.1, 0.15) is 43.5 Å². The number of primary sulfonamides is 1. The molecule has 3 aromatic rings. The van der Waals surface area contributed by atoms with E-state index in [4.69, 9.17) is 9.88 Å². The fourth-order valence-corrected chi connectivity index (χ4v) is 3.95. The summed E-state index contributed by atoms with van der Waals surface area (Å²) in [5, 5.41) is 7.80. The minimum Gasteiger partial charge on any atom is -0.454 e. The normalized spacial score (nSPS) is 15.7. The molecule has 4 rings (SSSR count). The highest BCUT2D eigenvalue weighted by Gasteiger charge is 2.28. The first-order valence-electron chi connectivity index (χ1n) is 9.55. The number of nitrogens with one attached hydrogen (secondary N) is 1. The van der Waals surface area contributed by atoms with E-state index in [0.29, 0.717) is 23.2 Å². The van der Waals surface area contributed by atoms with Gasteiger partial charge in [0.15, 0.2) is 0 Å². The first kappa shape index (κ1) is 20.8. The van der Waals surface area contributed by atoms with Crippen molar-refractivity contribution >= 4 is 27.6 Å². The number of anilines is 1. The lowest BCUT2D eigenvalue weighted by Crippen LogP contribution is -2.23. The van der Waals surface area contributed by atoms with Gasteiger partial charge in [-0.05, 0) is 60.5 Å². The van der Waals surface area contributed by atoms with Crippen LogP contribution < -0.4 is 10.5 Å². The number of benzene rings is 3. The van der Waals surface area contributed by atoms with Crippen LogP contribution in [0.2, 0.25) is 0 Å². The maximum Gasteiger partial charge on any atom is 0.339 e. The molecule has 1 amide bonds. The third-order valence-electron chi connectivity index (χ3n) is 5.13. The Hall–Kier alpha value is -3.49. The summed E-state index contributed by atoms with van der Waals surface area (Å²) >= 11 is 0. The average Bonchev–Trinajstić information content (AvgIpc) is 2.73. The molecule has 1 aliphatic rings. The van der Waals surface area contributed by atoms with Gasteiger partial charge < -0.3 is 10.1 Å². The molecule has 0 bridgehead atoms. The maximum absolute atomic E-state index is 12.7. The van der Waals surface area contributed by atoms with Crippen LogP contribution in [0.25, 0.3) is 0 Å². The number of esters is 1.